The molecule has 0 aromatic carbocycles. The van der Waals surface area contributed by atoms with Crippen molar-refractivity contribution in [2.75, 3.05) is 6.61 Å². The topological polar surface area (TPSA) is 69.7 Å². The second kappa shape index (κ2) is 3.49. The van der Waals surface area contributed by atoms with Crippen molar-refractivity contribution < 1.29 is 23.9 Å². The SMILES string of the molecule is CCOC(=O)C1(C)OC(C)C(=O)C1=O. The lowest BCUT2D eigenvalue weighted by Crippen LogP contribution is -2.44. The first-order valence-corrected chi connectivity index (χ1v) is 4.37. The molecule has 0 spiro atoms. The normalized spacial score (nSPS) is 32.1. The monoisotopic (exact) mass is 200 g/mol. The van der Waals surface area contributed by atoms with Crippen LogP contribution in [0.4, 0.5) is 0 Å². The summed E-state index contributed by atoms with van der Waals surface area (Å²) in [5, 5.41) is 0. The molecule has 0 radical (unpaired) electrons. The molecule has 1 fully saturated rings. The molecule has 0 N–H and O–H groups in total. The molecule has 1 saturated heterocycles. The molecular formula is C9H12O5. The van der Waals surface area contributed by atoms with Gasteiger partial charge < -0.3 is 9.47 Å². The molecule has 5 nitrogen and oxygen atoms in total. The number of hydrogen-bond donors (Lipinski definition) is 0. The minimum atomic E-state index is -1.74. The summed E-state index contributed by atoms with van der Waals surface area (Å²) in [7, 11) is 0. The maximum absolute atomic E-state index is 11.4. The second-order valence-electron chi connectivity index (χ2n) is 3.21. The average Bonchev–Trinajstić information content (AvgIpc) is 2.32. The van der Waals surface area contributed by atoms with Crippen molar-refractivity contribution >= 4 is 17.5 Å². The Morgan fingerprint density at radius 1 is 1.57 bits per heavy atom. The van der Waals surface area contributed by atoms with Crippen molar-refractivity contribution in [3.05, 3.63) is 0 Å². The Labute approximate surface area is 81.4 Å². The molecule has 1 aliphatic rings. The highest BCUT2D eigenvalue weighted by Gasteiger charge is 2.55. The van der Waals surface area contributed by atoms with Crippen molar-refractivity contribution in [3.8, 4) is 0 Å². The van der Waals surface area contributed by atoms with Gasteiger partial charge in [-0.25, -0.2) is 4.79 Å². The van der Waals surface area contributed by atoms with Crippen LogP contribution in [-0.4, -0.2) is 35.8 Å². The molecule has 1 rings (SSSR count). The highest BCUT2D eigenvalue weighted by molar-refractivity contribution is 6.47. The first-order valence-electron chi connectivity index (χ1n) is 4.37. The van der Waals surface area contributed by atoms with Crippen molar-refractivity contribution in [1.29, 1.82) is 0 Å². The van der Waals surface area contributed by atoms with Gasteiger partial charge in [0.25, 0.3) is 0 Å². The zero-order valence-corrected chi connectivity index (χ0v) is 8.33. The summed E-state index contributed by atoms with van der Waals surface area (Å²) in [6.45, 7) is 4.46. The predicted octanol–water partition coefficient (Wildman–Crippen LogP) is -0.135. The molecule has 0 aromatic heterocycles. The smallest absolute Gasteiger partial charge is 0.346 e. The lowest BCUT2D eigenvalue weighted by Gasteiger charge is -2.18. The minimum Gasteiger partial charge on any atom is -0.464 e. The summed E-state index contributed by atoms with van der Waals surface area (Å²) >= 11 is 0. The largest absolute Gasteiger partial charge is 0.464 e. The van der Waals surface area contributed by atoms with E-state index in [1.54, 1.807) is 6.92 Å². The van der Waals surface area contributed by atoms with Crippen LogP contribution in [0.5, 0.6) is 0 Å². The van der Waals surface area contributed by atoms with Crippen molar-refractivity contribution in [3.63, 3.8) is 0 Å². The molecular weight excluding hydrogens is 188 g/mol. The van der Waals surface area contributed by atoms with Crippen LogP contribution < -0.4 is 0 Å². The van der Waals surface area contributed by atoms with Gasteiger partial charge in [0.05, 0.1) is 6.61 Å². The van der Waals surface area contributed by atoms with Gasteiger partial charge >= 0.3 is 5.97 Å². The minimum absolute atomic E-state index is 0.146. The number of ketones is 2. The average molecular weight is 200 g/mol. The number of esters is 1. The third-order valence-corrected chi connectivity index (χ3v) is 2.10. The van der Waals surface area contributed by atoms with E-state index in [1.807, 2.05) is 0 Å². The maximum atomic E-state index is 11.4. The molecule has 1 heterocycles. The highest BCUT2D eigenvalue weighted by Crippen LogP contribution is 2.25. The van der Waals surface area contributed by atoms with E-state index in [0.29, 0.717) is 0 Å². The van der Waals surface area contributed by atoms with Gasteiger partial charge in [0.2, 0.25) is 17.2 Å². The molecule has 5 heteroatoms. The molecule has 1 aliphatic heterocycles. The van der Waals surface area contributed by atoms with Crippen LogP contribution in [0.1, 0.15) is 20.8 Å². The van der Waals surface area contributed by atoms with E-state index < -0.39 is 29.2 Å². The molecule has 0 aliphatic carbocycles. The van der Waals surface area contributed by atoms with Gasteiger partial charge in [0, 0.05) is 0 Å². The number of hydrogen-bond acceptors (Lipinski definition) is 5. The summed E-state index contributed by atoms with van der Waals surface area (Å²) < 4.78 is 9.67. The second-order valence-corrected chi connectivity index (χ2v) is 3.21. The van der Waals surface area contributed by atoms with Gasteiger partial charge in [0.15, 0.2) is 0 Å². The Morgan fingerprint density at radius 2 is 2.14 bits per heavy atom. The number of Topliss-reactive ketones (excluding diaryl/α,β-unsaturated/α-hetero) is 2. The zero-order chi connectivity index (χ0) is 10.9. The van der Waals surface area contributed by atoms with Gasteiger partial charge in [-0.05, 0) is 20.8 Å². The van der Waals surface area contributed by atoms with Crippen LogP contribution >= 0.6 is 0 Å². The molecule has 0 saturated carbocycles. The van der Waals surface area contributed by atoms with Crippen LogP contribution in [-0.2, 0) is 23.9 Å². The fourth-order valence-corrected chi connectivity index (χ4v) is 1.29. The summed E-state index contributed by atoms with van der Waals surface area (Å²) in [6, 6.07) is 0. The molecule has 2 atom stereocenters. The number of rotatable bonds is 2. The van der Waals surface area contributed by atoms with E-state index in [0.717, 1.165) is 0 Å². The van der Waals surface area contributed by atoms with E-state index >= 15 is 0 Å². The van der Waals surface area contributed by atoms with Crippen molar-refractivity contribution in [2.45, 2.75) is 32.5 Å². The van der Waals surface area contributed by atoms with E-state index in [2.05, 4.69) is 4.74 Å². The van der Waals surface area contributed by atoms with Gasteiger partial charge in [0.1, 0.15) is 6.10 Å². The quantitative estimate of drug-likeness (QED) is 0.352. The van der Waals surface area contributed by atoms with Crippen LogP contribution in [0.15, 0.2) is 0 Å². The Morgan fingerprint density at radius 3 is 2.50 bits per heavy atom. The van der Waals surface area contributed by atoms with Gasteiger partial charge in [-0.15, -0.1) is 0 Å². The maximum Gasteiger partial charge on any atom is 0.346 e. The summed E-state index contributed by atoms with van der Waals surface area (Å²) in [5.41, 5.74) is -1.74. The lowest BCUT2D eigenvalue weighted by atomic mass is 10.0. The Kier molecular flexibility index (Phi) is 2.71. The Hall–Kier alpha value is -1.23. The molecule has 2 unspecified atom stereocenters. The predicted molar refractivity (Wildman–Crippen MR) is 45.6 cm³/mol. The van der Waals surface area contributed by atoms with E-state index in [9.17, 15) is 14.4 Å². The van der Waals surface area contributed by atoms with Crippen LogP contribution in [0.2, 0.25) is 0 Å². The van der Waals surface area contributed by atoms with E-state index in [-0.39, 0.29) is 6.61 Å². The van der Waals surface area contributed by atoms with Crippen molar-refractivity contribution in [2.24, 2.45) is 0 Å². The molecule has 78 valence electrons. The zero-order valence-electron chi connectivity index (χ0n) is 8.33. The Balaban J connectivity index is 2.91. The molecule has 14 heavy (non-hydrogen) atoms. The van der Waals surface area contributed by atoms with Crippen LogP contribution in [0, 0.1) is 0 Å². The lowest BCUT2D eigenvalue weighted by molar-refractivity contribution is -0.170. The van der Waals surface area contributed by atoms with Gasteiger partial charge in [-0.1, -0.05) is 0 Å². The standard InChI is InChI=1S/C9H12O5/c1-4-13-8(12)9(3)7(11)6(10)5(2)14-9/h5H,4H2,1-3H3. The van der Waals surface area contributed by atoms with E-state index in [4.69, 9.17) is 4.74 Å². The fraction of sp³-hybridized carbons (Fsp3) is 0.667. The summed E-state index contributed by atoms with van der Waals surface area (Å²) in [6.07, 6.45) is -0.864. The van der Waals surface area contributed by atoms with Crippen LogP contribution in [0.3, 0.4) is 0 Å². The Bertz CT molecular complexity index is 296. The van der Waals surface area contributed by atoms with Crippen molar-refractivity contribution in [1.82, 2.24) is 0 Å². The first-order chi connectivity index (χ1) is 6.43. The number of ether oxygens (including phenoxy) is 2. The number of carbonyl (C=O) groups excluding carboxylic acids is 3. The third-order valence-electron chi connectivity index (χ3n) is 2.10. The molecule has 0 amide bonds. The van der Waals surface area contributed by atoms with Crippen LogP contribution in [0.25, 0.3) is 0 Å². The number of carbonyl (C=O) groups is 3. The third kappa shape index (κ3) is 1.43. The highest BCUT2D eigenvalue weighted by atomic mass is 16.6. The summed E-state index contributed by atoms with van der Waals surface area (Å²) in [4.78, 5) is 33.9. The summed E-state index contributed by atoms with van der Waals surface area (Å²) in [5.74, 6) is -2.31. The molecule has 0 bridgehead atoms. The van der Waals surface area contributed by atoms with Gasteiger partial charge in [-0.3, -0.25) is 9.59 Å². The van der Waals surface area contributed by atoms with E-state index in [1.165, 1.54) is 13.8 Å². The van der Waals surface area contributed by atoms with Gasteiger partial charge in [-0.2, -0.15) is 0 Å². The fourth-order valence-electron chi connectivity index (χ4n) is 1.29. The first kappa shape index (κ1) is 10.8. The molecule has 0 aromatic rings.